The van der Waals surface area contributed by atoms with E-state index in [4.69, 9.17) is 5.11 Å². The normalized spacial score (nSPS) is 20.1. The molecule has 4 nitrogen and oxygen atoms in total. The Balaban J connectivity index is 2.77. The van der Waals surface area contributed by atoms with Gasteiger partial charge in [-0.1, -0.05) is 27.2 Å². The lowest BCUT2D eigenvalue weighted by molar-refractivity contribution is -0.142. The standard InChI is InChI=1S/C15H27NO3/c1-4-7-12(8-9-17)11-16-13(18)10-15(5-2,6-3)14(16)19/h12,17H,4-11H2,1-3H3. The molecule has 1 heterocycles. The van der Waals surface area contributed by atoms with Crippen LogP contribution in [0.5, 0.6) is 0 Å². The molecule has 0 bridgehead atoms. The zero-order valence-corrected chi connectivity index (χ0v) is 12.4. The van der Waals surface area contributed by atoms with Gasteiger partial charge in [0.15, 0.2) is 0 Å². The van der Waals surface area contributed by atoms with Gasteiger partial charge in [0.1, 0.15) is 0 Å². The van der Waals surface area contributed by atoms with Gasteiger partial charge in [-0.15, -0.1) is 0 Å². The Morgan fingerprint density at radius 3 is 2.26 bits per heavy atom. The van der Waals surface area contributed by atoms with Crippen molar-refractivity contribution in [1.29, 1.82) is 0 Å². The molecule has 110 valence electrons. The first kappa shape index (κ1) is 16.2. The number of nitrogens with zero attached hydrogens (tertiary/aromatic N) is 1. The van der Waals surface area contributed by atoms with E-state index in [0.717, 1.165) is 25.7 Å². The van der Waals surface area contributed by atoms with E-state index in [-0.39, 0.29) is 24.3 Å². The van der Waals surface area contributed by atoms with Crippen LogP contribution in [0.3, 0.4) is 0 Å². The van der Waals surface area contributed by atoms with Gasteiger partial charge in [0.2, 0.25) is 11.8 Å². The summed E-state index contributed by atoms with van der Waals surface area (Å²) >= 11 is 0. The summed E-state index contributed by atoms with van der Waals surface area (Å²) in [6.45, 7) is 6.65. The zero-order chi connectivity index (χ0) is 14.5. The lowest BCUT2D eigenvalue weighted by Gasteiger charge is -2.26. The minimum Gasteiger partial charge on any atom is -0.396 e. The Morgan fingerprint density at radius 2 is 1.84 bits per heavy atom. The number of rotatable bonds is 8. The summed E-state index contributed by atoms with van der Waals surface area (Å²) in [5.74, 6) is 0.196. The third kappa shape index (κ3) is 3.35. The molecule has 19 heavy (non-hydrogen) atoms. The van der Waals surface area contributed by atoms with Gasteiger partial charge in [-0.2, -0.15) is 0 Å². The molecule has 2 amide bonds. The van der Waals surface area contributed by atoms with Gasteiger partial charge in [-0.05, 0) is 31.6 Å². The predicted molar refractivity (Wildman–Crippen MR) is 74.5 cm³/mol. The van der Waals surface area contributed by atoms with Crippen molar-refractivity contribution in [3.63, 3.8) is 0 Å². The summed E-state index contributed by atoms with van der Waals surface area (Å²) in [5.41, 5.74) is -0.465. The fraction of sp³-hybridized carbons (Fsp3) is 0.867. The molecule has 1 aliphatic heterocycles. The highest BCUT2D eigenvalue weighted by molar-refractivity contribution is 6.05. The number of imide groups is 1. The SMILES string of the molecule is CCCC(CCO)CN1C(=O)CC(CC)(CC)C1=O. The van der Waals surface area contributed by atoms with E-state index in [2.05, 4.69) is 6.92 Å². The van der Waals surface area contributed by atoms with Crippen molar-refractivity contribution < 1.29 is 14.7 Å². The first-order valence-electron chi connectivity index (χ1n) is 7.50. The Kier molecular flexibility index (Phi) is 5.98. The average molecular weight is 269 g/mol. The molecule has 0 spiro atoms. The summed E-state index contributed by atoms with van der Waals surface area (Å²) in [7, 11) is 0. The van der Waals surface area contributed by atoms with Crippen LogP contribution in [0.15, 0.2) is 0 Å². The summed E-state index contributed by atoms with van der Waals surface area (Å²) in [6, 6.07) is 0. The highest BCUT2D eigenvalue weighted by Crippen LogP contribution is 2.39. The van der Waals surface area contributed by atoms with Crippen LogP contribution in [0.4, 0.5) is 0 Å². The second-order valence-electron chi connectivity index (χ2n) is 5.64. The third-order valence-corrected chi connectivity index (χ3v) is 4.52. The number of amides is 2. The molecule has 0 aliphatic carbocycles. The molecular formula is C15H27NO3. The topological polar surface area (TPSA) is 57.6 Å². The second-order valence-corrected chi connectivity index (χ2v) is 5.64. The molecule has 1 aliphatic rings. The van der Waals surface area contributed by atoms with E-state index in [9.17, 15) is 9.59 Å². The Labute approximate surface area is 116 Å². The molecule has 1 saturated heterocycles. The Bertz CT molecular complexity index is 317. The smallest absolute Gasteiger partial charge is 0.235 e. The Hall–Kier alpha value is -0.900. The van der Waals surface area contributed by atoms with E-state index in [1.54, 1.807) is 0 Å². The second kappa shape index (κ2) is 7.04. The molecular weight excluding hydrogens is 242 g/mol. The molecule has 0 radical (unpaired) electrons. The van der Waals surface area contributed by atoms with Crippen LogP contribution in [0.25, 0.3) is 0 Å². The molecule has 1 rings (SSSR count). The maximum atomic E-state index is 12.5. The fourth-order valence-corrected chi connectivity index (χ4v) is 3.02. The van der Waals surface area contributed by atoms with Crippen LogP contribution in [-0.2, 0) is 9.59 Å². The van der Waals surface area contributed by atoms with E-state index < -0.39 is 5.41 Å². The van der Waals surface area contributed by atoms with Crippen LogP contribution in [0.2, 0.25) is 0 Å². The van der Waals surface area contributed by atoms with Crippen LogP contribution in [0.1, 0.15) is 59.3 Å². The summed E-state index contributed by atoms with van der Waals surface area (Å²) in [5, 5.41) is 9.08. The van der Waals surface area contributed by atoms with Crippen molar-refractivity contribution in [2.75, 3.05) is 13.2 Å². The number of carbonyl (C=O) groups excluding carboxylic acids is 2. The van der Waals surface area contributed by atoms with Crippen molar-refractivity contribution in [3.05, 3.63) is 0 Å². The highest BCUT2D eigenvalue weighted by atomic mass is 16.3. The number of hydrogen-bond acceptors (Lipinski definition) is 3. The van der Waals surface area contributed by atoms with Crippen LogP contribution < -0.4 is 0 Å². The van der Waals surface area contributed by atoms with Gasteiger partial charge < -0.3 is 5.11 Å². The van der Waals surface area contributed by atoms with Crippen LogP contribution >= 0.6 is 0 Å². The Morgan fingerprint density at radius 1 is 1.21 bits per heavy atom. The predicted octanol–water partition coefficient (Wildman–Crippen LogP) is 2.35. The van der Waals surface area contributed by atoms with Gasteiger partial charge in [-0.25, -0.2) is 0 Å². The molecule has 0 aromatic rings. The quantitative estimate of drug-likeness (QED) is 0.688. The van der Waals surface area contributed by atoms with Crippen LogP contribution in [0, 0.1) is 11.3 Å². The van der Waals surface area contributed by atoms with Crippen molar-refractivity contribution in [2.45, 2.75) is 59.3 Å². The zero-order valence-electron chi connectivity index (χ0n) is 12.4. The van der Waals surface area contributed by atoms with Crippen molar-refractivity contribution in [2.24, 2.45) is 11.3 Å². The molecule has 0 saturated carbocycles. The van der Waals surface area contributed by atoms with Gasteiger partial charge in [0, 0.05) is 19.6 Å². The number of aliphatic hydroxyl groups is 1. The molecule has 1 unspecified atom stereocenters. The summed E-state index contributed by atoms with van der Waals surface area (Å²) in [4.78, 5) is 26.0. The first-order chi connectivity index (χ1) is 9.04. The fourth-order valence-electron chi connectivity index (χ4n) is 3.02. The van der Waals surface area contributed by atoms with E-state index in [1.807, 2.05) is 13.8 Å². The molecule has 0 aromatic heterocycles. The van der Waals surface area contributed by atoms with Gasteiger partial charge >= 0.3 is 0 Å². The molecule has 1 fully saturated rings. The lowest BCUT2D eigenvalue weighted by Crippen LogP contribution is -2.38. The number of likely N-dealkylation sites (tertiary alicyclic amines) is 1. The third-order valence-electron chi connectivity index (χ3n) is 4.52. The molecule has 0 aromatic carbocycles. The van der Waals surface area contributed by atoms with E-state index in [0.29, 0.717) is 19.4 Å². The monoisotopic (exact) mass is 269 g/mol. The number of aliphatic hydroxyl groups excluding tert-OH is 1. The minimum atomic E-state index is -0.465. The van der Waals surface area contributed by atoms with Gasteiger partial charge in [0.05, 0.1) is 5.41 Å². The van der Waals surface area contributed by atoms with Crippen molar-refractivity contribution in [3.8, 4) is 0 Å². The van der Waals surface area contributed by atoms with Gasteiger partial charge in [-0.3, -0.25) is 14.5 Å². The maximum absolute atomic E-state index is 12.5. The van der Waals surface area contributed by atoms with Gasteiger partial charge in [0.25, 0.3) is 0 Å². The van der Waals surface area contributed by atoms with Crippen molar-refractivity contribution in [1.82, 2.24) is 4.90 Å². The minimum absolute atomic E-state index is 0.00143. The molecule has 1 N–H and O–H groups in total. The molecule has 4 heteroatoms. The largest absolute Gasteiger partial charge is 0.396 e. The number of carbonyl (C=O) groups is 2. The van der Waals surface area contributed by atoms with Crippen LogP contribution in [-0.4, -0.2) is 35.0 Å². The lowest BCUT2D eigenvalue weighted by atomic mass is 9.81. The van der Waals surface area contributed by atoms with Crippen molar-refractivity contribution >= 4 is 11.8 Å². The average Bonchev–Trinajstić information content (AvgIpc) is 2.64. The van der Waals surface area contributed by atoms with E-state index in [1.165, 1.54) is 4.90 Å². The molecule has 1 atom stereocenters. The highest BCUT2D eigenvalue weighted by Gasteiger charge is 2.49. The maximum Gasteiger partial charge on any atom is 0.235 e. The number of hydrogen-bond donors (Lipinski definition) is 1. The van der Waals surface area contributed by atoms with E-state index >= 15 is 0 Å². The first-order valence-corrected chi connectivity index (χ1v) is 7.50. The summed E-state index contributed by atoms with van der Waals surface area (Å²) < 4.78 is 0. The summed E-state index contributed by atoms with van der Waals surface area (Å²) in [6.07, 6.45) is 4.43.